The Labute approximate surface area is 164 Å². The van der Waals surface area contributed by atoms with Gasteiger partial charge in [-0.3, -0.25) is 4.99 Å². The van der Waals surface area contributed by atoms with Gasteiger partial charge in [0.15, 0.2) is 5.96 Å². The summed E-state index contributed by atoms with van der Waals surface area (Å²) in [6.07, 6.45) is 3.19. The second-order valence-electron chi connectivity index (χ2n) is 6.98. The number of hydrogen-bond acceptors (Lipinski definition) is 4. The highest BCUT2D eigenvalue weighted by molar-refractivity contribution is 5.80. The van der Waals surface area contributed by atoms with Gasteiger partial charge >= 0.3 is 0 Å². The summed E-state index contributed by atoms with van der Waals surface area (Å²) in [5, 5.41) is 6.95. The molecule has 1 heterocycles. The first-order valence-corrected chi connectivity index (χ1v) is 10.2. The molecule has 1 fully saturated rings. The van der Waals surface area contributed by atoms with Gasteiger partial charge in [0.25, 0.3) is 0 Å². The molecule has 0 aliphatic carbocycles. The molecule has 0 unspecified atom stereocenters. The normalized spacial score (nSPS) is 16.3. The quantitative estimate of drug-likeness (QED) is 0.373. The Bertz CT molecular complexity index is 557. The number of rotatable bonds is 10. The number of aryl methyl sites for hydroxylation is 1. The van der Waals surface area contributed by atoms with Crippen molar-refractivity contribution in [3.63, 3.8) is 0 Å². The summed E-state index contributed by atoms with van der Waals surface area (Å²) >= 11 is 0. The van der Waals surface area contributed by atoms with Gasteiger partial charge < -0.3 is 25.0 Å². The van der Waals surface area contributed by atoms with Gasteiger partial charge in [0.05, 0.1) is 13.2 Å². The smallest absolute Gasteiger partial charge is 0.191 e. The first kappa shape index (κ1) is 21.5. The van der Waals surface area contributed by atoms with Gasteiger partial charge in [0.2, 0.25) is 0 Å². The van der Waals surface area contributed by atoms with Crippen molar-refractivity contribution in [1.29, 1.82) is 0 Å². The first-order chi connectivity index (χ1) is 13.2. The summed E-state index contributed by atoms with van der Waals surface area (Å²) in [6, 6.07) is 8.62. The van der Waals surface area contributed by atoms with Crippen LogP contribution in [0.15, 0.2) is 29.3 Å². The number of aliphatic imine (C=N–C) groups is 1. The molecule has 6 nitrogen and oxygen atoms in total. The van der Waals surface area contributed by atoms with Crippen molar-refractivity contribution in [3.8, 4) is 5.75 Å². The minimum atomic E-state index is 0.491. The lowest BCUT2D eigenvalue weighted by Gasteiger charge is -2.32. The van der Waals surface area contributed by atoms with Gasteiger partial charge in [-0.15, -0.1) is 0 Å². The zero-order valence-corrected chi connectivity index (χ0v) is 17.2. The van der Waals surface area contributed by atoms with Crippen LogP contribution in [0.25, 0.3) is 0 Å². The molecule has 1 aliphatic rings. The molecule has 0 aromatic heterocycles. The Morgan fingerprint density at radius 1 is 1.22 bits per heavy atom. The molecular formula is C21H36N4O2. The van der Waals surface area contributed by atoms with E-state index in [-0.39, 0.29) is 0 Å². The van der Waals surface area contributed by atoms with Crippen molar-refractivity contribution in [2.75, 3.05) is 53.0 Å². The number of piperidine rings is 1. The molecule has 0 radical (unpaired) electrons. The third-order valence-corrected chi connectivity index (χ3v) is 4.81. The monoisotopic (exact) mass is 376 g/mol. The van der Waals surface area contributed by atoms with E-state index in [0.29, 0.717) is 12.6 Å². The number of guanidine groups is 1. The summed E-state index contributed by atoms with van der Waals surface area (Å²) in [4.78, 5) is 7.18. The van der Waals surface area contributed by atoms with E-state index in [1.54, 1.807) is 7.11 Å². The highest BCUT2D eigenvalue weighted by Crippen LogP contribution is 2.16. The second-order valence-corrected chi connectivity index (χ2v) is 6.98. The van der Waals surface area contributed by atoms with Crippen LogP contribution >= 0.6 is 0 Å². The molecule has 0 bridgehead atoms. The molecule has 152 valence electrons. The SMILES string of the molecule is CCNC(=NCCCOc1ccccc1C)NC1CCN(CCOC)CC1. The summed E-state index contributed by atoms with van der Waals surface area (Å²) in [5.74, 6) is 1.88. The Hall–Kier alpha value is -1.79. The number of benzene rings is 1. The van der Waals surface area contributed by atoms with E-state index in [4.69, 9.17) is 14.5 Å². The number of methoxy groups -OCH3 is 1. The van der Waals surface area contributed by atoms with Crippen molar-refractivity contribution >= 4 is 5.96 Å². The molecule has 1 aromatic rings. The van der Waals surface area contributed by atoms with Crippen LogP contribution in [0.5, 0.6) is 5.75 Å². The Morgan fingerprint density at radius 3 is 2.70 bits per heavy atom. The predicted molar refractivity (Wildman–Crippen MR) is 112 cm³/mol. The maximum atomic E-state index is 5.85. The minimum absolute atomic E-state index is 0.491. The molecule has 1 aliphatic heterocycles. The Kier molecular flexibility index (Phi) is 10.0. The number of nitrogens with zero attached hydrogens (tertiary/aromatic N) is 2. The van der Waals surface area contributed by atoms with E-state index in [0.717, 1.165) is 70.3 Å². The maximum Gasteiger partial charge on any atom is 0.191 e. The molecule has 0 amide bonds. The van der Waals surface area contributed by atoms with Gasteiger partial charge in [-0.05, 0) is 38.3 Å². The fraction of sp³-hybridized carbons (Fsp3) is 0.667. The van der Waals surface area contributed by atoms with Crippen molar-refractivity contribution < 1.29 is 9.47 Å². The standard InChI is InChI=1S/C21H36N4O2/c1-4-22-21(24-19-10-13-25(14-11-19)15-17-26-3)23-12-7-16-27-20-9-6-5-8-18(20)2/h5-6,8-9,19H,4,7,10-17H2,1-3H3,(H2,22,23,24). The summed E-state index contributed by atoms with van der Waals surface area (Å²) in [5.41, 5.74) is 1.17. The van der Waals surface area contributed by atoms with E-state index < -0.39 is 0 Å². The highest BCUT2D eigenvalue weighted by atomic mass is 16.5. The molecule has 1 saturated heterocycles. The molecule has 2 N–H and O–H groups in total. The van der Waals surface area contributed by atoms with Crippen LogP contribution in [-0.4, -0.2) is 69.9 Å². The zero-order valence-electron chi connectivity index (χ0n) is 17.2. The van der Waals surface area contributed by atoms with Gasteiger partial charge in [0, 0.05) is 52.3 Å². The molecule has 1 aromatic carbocycles. The van der Waals surface area contributed by atoms with Crippen molar-refractivity contribution in [2.45, 2.75) is 39.2 Å². The van der Waals surface area contributed by atoms with Crippen LogP contribution in [-0.2, 0) is 4.74 Å². The largest absolute Gasteiger partial charge is 0.493 e. The van der Waals surface area contributed by atoms with Crippen LogP contribution in [0.4, 0.5) is 0 Å². The van der Waals surface area contributed by atoms with Gasteiger partial charge in [-0.1, -0.05) is 18.2 Å². The van der Waals surface area contributed by atoms with Gasteiger partial charge in [0.1, 0.15) is 5.75 Å². The van der Waals surface area contributed by atoms with E-state index in [1.165, 1.54) is 5.56 Å². The average Bonchev–Trinajstić information content (AvgIpc) is 2.68. The lowest BCUT2D eigenvalue weighted by Crippen LogP contribution is -2.49. The first-order valence-electron chi connectivity index (χ1n) is 10.2. The van der Waals surface area contributed by atoms with E-state index in [1.807, 2.05) is 18.2 Å². The molecule has 0 spiro atoms. The second kappa shape index (κ2) is 12.6. The third-order valence-electron chi connectivity index (χ3n) is 4.81. The molecule has 2 rings (SSSR count). The molecular weight excluding hydrogens is 340 g/mol. The molecule has 0 atom stereocenters. The van der Waals surface area contributed by atoms with Crippen LogP contribution in [0.1, 0.15) is 31.7 Å². The van der Waals surface area contributed by atoms with Crippen LogP contribution in [0.2, 0.25) is 0 Å². The van der Waals surface area contributed by atoms with Gasteiger partial charge in [-0.25, -0.2) is 0 Å². The average molecular weight is 377 g/mol. The lowest BCUT2D eigenvalue weighted by atomic mass is 10.1. The number of nitrogens with one attached hydrogen (secondary N) is 2. The Morgan fingerprint density at radius 2 is 2.00 bits per heavy atom. The maximum absolute atomic E-state index is 5.85. The van der Waals surface area contributed by atoms with Crippen LogP contribution in [0, 0.1) is 6.92 Å². The minimum Gasteiger partial charge on any atom is -0.493 e. The van der Waals surface area contributed by atoms with Crippen molar-refractivity contribution in [2.24, 2.45) is 4.99 Å². The van der Waals surface area contributed by atoms with Gasteiger partial charge in [-0.2, -0.15) is 0 Å². The summed E-state index contributed by atoms with van der Waals surface area (Å²) in [6.45, 7) is 10.6. The number of para-hydroxylation sites is 1. The zero-order chi connectivity index (χ0) is 19.3. The van der Waals surface area contributed by atoms with Crippen LogP contribution < -0.4 is 15.4 Å². The summed E-state index contributed by atoms with van der Waals surface area (Å²) < 4.78 is 11.0. The predicted octanol–water partition coefficient (Wildman–Crippen LogP) is 2.43. The fourth-order valence-corrected chi connectivity index (χ4v) is 3.19. The van der Waals surface area contributed by atoms with E-state index in [2.05, 4.69) is 35.4 Å². The molecule has 6 heteroatoms. The number of ether oxygens (including phenoxy) is 2. The lowest BCUT2D eigenvalue weighted by molar-refractivity contribution is 0.128. The van der Waals surface area contributed by atoms with Crippen molar-refractivity contribution in [1.82, 2.24) is 15.5 Å². The van der Waals surface area contributed by atoms with Crippen molar-refractivity contribution in [3.05, 3.63) is 29.8 Å². The highest BCUT2D eigenvalue weighted by Gasteiger charge is 2.19. The van der Waals surface area contributed by atoms with E-state index >= 15 is 0 Å². The summed E-state index contributed by atoms with van der Waals surface area (Å²) in [7, 11) is 1.76. The number of likely N-dealkylation sites (tertiary alicyclic amines) is 1. The topological polar surface area (TPSA) is 58.1 Å². The number of hydrogen-bond donors (Lipinski definition) is 2. The fourth-order valence-electron chi connectivity index (χ4n) is 3.19. The van der Waals surface area contributed by atoms with E-state index in [9.17, 15) is 0 Å². The Balaban J connectivity index is 1.69. The van der Waals surface area contributed by atoms with Crippen LogP contribution in [0.3, 0.4) is 0 Å². The molecule has 0 saturated carbocycles. The third kappa shape index (κ3) is 8.18. The molecule has 27 heavy (non-hydrogen) atoms.